The molecular formula is C25H32N4O3S. The molecule has 176 valence electrons. The van der Waals surface area contributed by atoms with Gasteiger partial charge in [-0.1, -0.05) is 17.7 Å². The summed E-state index contributed by atoms with van der Waals surface area (Å²) >= 11 is 0. The first-order valence-corrected chi connectivity index (χ1v) is 12.9. The summed E-state index contributed by atoms with van der Waals surface area (Å²) < 4.78 is 33.9. The Labute approximate surface area is 196 Å². The molecule has 0 radical (unpaired) electrons. The van der Waals surface area contributed by atoms with Gasteiger partial charge in [0.2, 0.25) is 10.0 Å². The van der Waals surface area contributed by atoms with Gasteiger partial charge in [-0.15, -0.1) is 0 Å². The fraction of sp³-hybridized carbons (Fsp3) is 0.440. The first-order valence-electron chi connectivity index (χ1n) is 11.4. The van der Waals surface area contributed by atoms with E-state index in [1.54, 1.807) is 29.9 Å². The molecule has 0 saturated carbocycles. The summed E-state index contributed by atoms with van der Waals surface area (Å²) in [5, 5.41) is 0.950. The average molecular weight is 469 g/mol. The maximum absolute atomic E-state index is 13.4. The largest absolute Gasteiger partial charge is 0.497 e. The zero-order valence-corrected chi connectivity index (χ0v) is 20.5. The van der Waals surface area contributed by atoms with Crippen molar-refractivity contribution in [3.63, 3.8) is 0 Å². The first kappa shape index (κ1) is 23.4. The molecule has 2 aromatic carbocycles. The smallest absolute Gasteiger partial charge is 0.243 e. The van der Waals surface area contributed by atoms with Gasteiger partial charge in [0.1, 0.15) is 17.9 Å². The molecule has 1 aliphatic rings. The van der Waals surface area contributed by atoms with E-state index in [9.17, 15) is 8.42 Å². The van der Waals surface area contributed by atoms with Gasteiger partial charge < -0.3 is 9.64 Å². The van der Waals surface area contributed by atoms with Crippen molar-refractivity contribution < 1.29 is 13.2 Å². The number of nitrogens with zero attached hydrogens (tertiary/aromatic N) is 4. The van der Waals surface area contributed by atoms with E-state index in [2.05, 4.69) is 14.9 Å². The highest BCUT2D eigenvalue weighted by Crippen LogP contribution is 2.31. The third kappa shape index (κ3) is 4.96. The van der Waals surface area contributed by atoms with Gasteiger partial charge in [0.05, 0.1) is 17.5 Å². The Bertz CT molecular complexity index is 1210. The van der Waals surface area contributed by atoms with Crippen molar-refractivity contribution in [2.75, 3.05) is 31.6 Å². The van der Waals surface area contributed by atoms with Gasteiger partial charge in [0.25, 0.3) is 0 Å². The predicted octanol–water partition coefficient (Wildman–Crippen LogP) is 4.26. The summed E-state index contributed by atoms with van der Waals surface area (Å²) in [6.07, 6.45) is 3.56. The maximum atomic E-state index is 13.4. The van der Waals surface area contributed by atoms with E-state index < -0.39 is 10.0 Å². The van der Waals surface area contributed by atoms with E-state index in [0.29, 0.717) is 11.4 Å². The molecule has 1 unspecified atom stereocenters. The van der Waals surface area contributed by atoms with Crippen LogP contribution in [-0.2, 0) is 10.0 Å². The van der Waals surface area contributed by atoms with E-state index in [1.165, 1.54) is 0 Å². The van der Waals surface area contributed by atoms with Crippen LogP contribution in [0.2, 0.25) is 0 Å². The van der Waals surface area contributed by atoms with Crippen molar-refractivity contribution in [1.82, 2.24) is 14.3 Å². The summed E-state index contributed by atoms with van der Waals surface area (Å²) in [4.78, 5) is 11.6. The van der Waals surface area contributed by atoms with Crippen molar-refractivity contribution in [3.05, 3.63) is 54.4 Å². The number of sulfonamides is 1. The molecule has 1 saturated heterocycles. The van der Waals surface area contributed by atoms with Crippen LogP contribution in [0.1, 0.15) is 32.3 Å². The molecule has 1 fully saturated rings. The molecule has 1 aliphatic heterocycles. The standard InChI is InChI=1S/C25H32N4O3S/c1-18(2)29(33(30,31)22-10-7-19(3)8-11-22)16-20-6-5-13-28(15-20)25-23-14-21(32-4)9-12-24(23)26-17-27-25/h7-12,14,17-18,20H,5-6,13,15-16H2,1-4H3. The molecule has 8 heteroatoms. The molecule has 0 amide bonds. The number of aromatic nitrogens is 2. The third-order valence-electron chi connectivity index (χ3n) is 6.28. The Morgan fingerprint density at radius 2 is 1.91 bits per heavy atom. The van der Waals surface area contributed by atoms with Crippen molar-refractivity contribution in [3.8, 4) is 5.75 Å². The van der Waals surface area contributed by atoms with E-state index in [0.717, 1.165) is 54.0 Å². The zero-order chi connectivity index (χ0) is 23.6. The number of rotatable bonds is 7. The summed E-state index contributed by atoms with van der Waals surface area (Å²) in [6, 6.07) is 12.8. The number of hydrogen-bond donors (Lipinski definition) is 0. The Hall–Kier alpha value is -2.71. The van der Waals surface area contributed by atoms with Crippen LogP contribution < -0.4 is 9.64 Å². The summed E-state index contributed by atoms with van der Waals surface area (Å²) in [5.41, 5.74) is 1.91. The lowest BCUT2D eigenvalue weighted by atomic mass is 9.97. The van der Waals surface area contributed by atoms with E-state index >= 15 is 0 Å². The van der Waals surface area contributed by atoms with Gasteiger partial charge in [-0.3, -0.25) is 0 Å². The lowest BCUT2D eigenvalue weighted by Gasteiger charge is -2.37. The molecule has 2 heterocycles. The molecule has 1 aromatic heterocycles. The number of hydrogen-bond acceptors (Lipinski definition) is 6. The van der Waals surface area contributed by atoms with Crippen molar-refractivity contribution in [2.45, 2.75) is 44.6 Å². The number of methoxy groups -OCH3 is 1. The van der Waals surface area contributed by atoms with Gasteiger partial charge in [-0.05, 0) is 69.9 Å². The highest BCUT2D eigenvalue weighted by atomic mass is 32.2. The van der Waals surface area contributed by atoms with E-state index in [4.69, 9.17) is 4.74 Å². The second kappa shape index (κ2) is 9.65. The van der Waals surface area contributed by atoms with Crippen LogP contribution in [0.4, 0.5) is 5.82 Å². The van der Waals surface area contributed by atoms with E-state index in [1.807, 2.05) is 51.1 Å². The highest BCUT2D eigenvalue weighted by Gasteiger charge is 2.32. The van der Waals surface area contributed by atoms with Crippen LogP contribution in [0.25, 0.3) is 10.9 Å². The molecule has 4 rings (SSSR count). The molecule has 0 aliphatic carbocycles. The minimum atomic E-state index is -3.57. The van der Waals surface area contributed by atoms with Crippen molar-refractivity contribution in [2.24, 2.45) is 5.92 Å². The first-order chi connectivity index (χ1) is 15.8. The SMILES string of the molecule is COc1ccc2ncnc(N3CCCC(CN(C(C)C)S(=O)(=O)c4ccc(C)cc4)C3)c2c1. The second-order valence-corrected chi connectivity index (χ2v) is 10.9. The minimum absolute atomic E-state index is 0.129. The normalized spacial score (nSPS) is 17.2. The van der Waals surface area contributed by atoms with Gasteiger partial charge in [0.15, 0.2) is 0 Å². The van der Waals surface area contributed by atoms with Gasteiger partial charge >= 0.3 is 0 Å². The quantitative estimate of drug-likeness (QED) is 0.516. The Kier molecular flexibility index (Phi) is 6.86. The predicted molar refractivity (Wildman–Crippen MR) is 131 cm³/mol. The lowest BCUT2D eigenvalue weighted by molar-refractivity contribution is 0.275. The molecule has 1 atom stereocenters. The van der Waals surface area contributed by atoms with Crippen LogP contribution in [0, 0.1) is 12.8 Å². The molecule has 0 bridgehead atoms. The van der Waals surface area contributed by atoms with Crippen LogP contribution in [0.15, 0.2) is 53.7 Å². The molecule has 7 nitrogen and oxygen atoms in total. The second-order valence-electron chi connectivity index (χ2n) is 9.02. The molecule has 0 N–H and O–H groups in total. The fourth-order valence-electron chi connectivity index (χ4n) is 4.49. The van der Waals surface area contributed by atoms with Crippen molar-refractivity contribution >= 4 is 26.7 Å². The third-order valence-corrected chi connectivity index (χ3v) is 8.34. The molecule has 3 aromatic rings. The van der Waals surface area contributed by atoms with Crippen LogP contribution in [0.3, 0.4) is 0 Å². The zero-order valence-electron chi connectivity index (χ0n) is 19.7. The molecular weight excluding hydrogens is 436 g/mol. The van der Waals surface area contributed by atoms with Crippen LogP contribution in [-0.4, -0.2) is 55.5 Å². The fourth-order valence-corrected chi connectivity index (χ4v) is 6.21. The van der Waals surface area contributed by atoms with Gasteiger partial charge in [-0.2, -0.15) is 4.31 Å². The topological polar surface area (TPSA) is 75.6 Å². The average Bonchev–Trinajstić information content (AvgIpc) is 2.82. The number of anilines is 1. The highest BCUT2D eigenvalue weighted by molar-refractivity contribution is 7.89. The summed E-state index contributed by atoms with van der Waals surface area (Å²) in [7, 11) is -1.92. The van der Waals surface area contributed by atoms with Gasteiger partial charge in [-0.25, -0.2) is 18.4 Å². The maximum Gasteiger partial charge on any atom is 0.243 e. The number of ether oxygens (including phenoxy) is 1. The number of piperidine rings is 1. The summed E-state index contributed by atoms with van der Waals surface area (Å²) in [6.45, 7) is 7.95. The number of fused-ring (bicyclic) bond motifs is 1. The van der Waals surface area contributed by atoms with Crippen LogP contribution in [0.5, 0.6) is 5.75 Å². The Balaban J connectivity index is 1.58. The van der Waals surface area contributed by atoms with E-state index in [-0.39, 0.29) is 12.0 Å². The van der Waals surface area contributed by atoms with Gasteiger partial charge in [0, 0.05) is 31.1 Å². The van der Waals surface area contributed by atoms with Crippen LogP contribution >= 0.6 is 0 Å². The summed E-state index contributed by atoms with van der Waals surface area (Å²) in [5.74, 6) is 1.85. The number of aryl methyl sites for hydroxylation is 1. The number of benzene rings is 2. The molecule has 33 heavy (non-hydrogen) atoms. The minimum Gasteiger partial charge on any atom is -0.497 e. The Morgan fingerprint density at radius 1 is 1.15 bits per heavy atom. The Morgan fingerprint density at radius 3 is 2.61 bits per heavy atom. The molecule has 0 spiro atoms. The van der Waals surface area contributed by atoms with Crippen molar-refractivity contribution in [1.29, 1.82) is 0 Å². The lowest BCUT2D eigenvalue weighted by Crippen LogP contribution is -2.45. The monoisotopic (exact) mass is 468 g/mol.